The lowest BCUT2D eigenvalue weighted by molar-refractivity contribution is 0.102. The second-order valence-electron chi connectivity index (χ2n) is 5.49. The largest absolute Gasteiger partial charge is 0.354 e. The van der Waals surface area contributed by atoms with Crippen molar-refractivity contribution in [2.24, 2.45) is 0 Å². The molecule has 0 bridgehead atoms. The number of anilines is 2. The van der Waals surface area contributed by atoms with Gasteiger partial charge in [0.15, 0.2) is 0 Å². The number of nitrogens with zero attached hydrogens (tertiary/aromatic N) is 4. The Hall–Kier alpha value is -1.74. The predicted molar refractivity (Wildman–Crippen MR) is 98.9 cm³/mol. The van der Waals surface area contributed by atoms with Gasteiger partial charge >= 0.3 is 0 Å². The normalized spacial score (nSPS) is 15.5. The van der Waals surface area contributed by atoms with Crippen molar-refractivity contribution in [3.63, 3.8) is 0 Å². The van der Waals surface area contributed by atoms with E-state index in [1.807, 2.05) is 24.3 Å². The van der Waals surface area contributed by atoms with E-state index in [1.165, 1.54) is 6.33 Å². The van der Waals surface area contributed by atoms with Crippen molar-refractivity contribution >= 4 is 40.1 Å². The van der Waals surface area contributed by atoms with Gasteiger partial charge in [0.1, 0.15) is 18.0 Å². The van der Waals surface area contributed by atoms with Crippen molar-refractivity contribution in [3.05, 3.63) is 45.8 Å². The van der Waals surface area contributed by atoms with Gasteiger partial charge in [-0.05, 0) is 41.8 Å². The molecule has 1 saturated heterocycles. The first-order valence-corrected chi connectivity index (χ1v) is 8.53. The highest BCUT2D eigenvalue weighted by Crippen LogP contribution is 2.18. The maximum Gasteiger partial charge on any atom is 0.257 e. The number of carbonyl (C=O) groups is 1. The summed E-state index contributed by atoms with van der Waals surface area (Å²) in [7, 11) is 2.12. The van der Waals surface area contributed by atoms with E-state index < -0.39 is 0 Å². The van der Waals surface area contributed by atoms with Gasteiger partial charge < -0.3 is 15.1 Å². The van der Waals surface area contributed by atoms with Crippen LogP contribution in [0.4, 0.5) is 11.6 Å². The Bertz CT molecular complexity index is 700. The van der Waals surface area contributed by atoms with Crippen LogP contribution in [0.2, 0.25) is 0 Å². The van der Waals surface area contributed by atoms with Crippen LogP contribution in [0.25, 0.3) is 0 Å². The quantitative estimate of drug-likeness (QED) is 0.767. The number of benzene rings is 1. The average Bonchev–Trinajstić information content (AvgIpc) is 2.56. The van der Waals surface area contributed by atoms with E-state index in [2.05, 4.69) is 54.7 Å². The van der Waals surface area contributed by atoms with Gasteiger partial charge in [0, 0.05) is 35.8 Å². The lowest BCUT2D eigenvalue weighted by atomic mass is 10.2. The third kappa shape index (κ3) is 3.97. The molecular weight excluding hydrogens is 405 g/mol. The Morgan fingerprint density at radius 1 is 1.17 bits per heavy atom. The van der Waals surface area contributed by atoms with Crippen molar-refractivity contribution in [3.8, 4) is 0 Å². The number of nitrogens with one attached hydrogen (secondary N) is 1. The highest BCUT2D eigenvalue weighted by atomic mass is 127. The molecule has 7 heteroatoms. The van der Waals surface area contributed by atoms with E-state index in [0.29, 0.717) is 11.4 Å². The lowest BCUT2D eigenvalue weighted by Gasteiger charge is -2.33. The standard InChI is InChI=1S/C16H18IN5O/c1-21-6-8-22(9-7-21)15-10-14(18-11-19-15)20-16(23)12-4-2-3-5-13(12)17/h2-5,10-11H,6-9H2,1H3,(H,18,19,20,23). The minimum Gasteiger partial charge on any atom is -0.354 e. The van der Waals surface area contributed by atoms with Crippen molar-refractivity contribution in [2.45, 2.75) is 0 Å². The summed E-state index contributed by atoms with van der Waals surface area (Å²) in [4.78, 5) is 25.4. The van der Waals surface area contributed by atoms with Gasteiger partial charge in [-0.25, -0.2) is 9.97 Å². The third-order valence-corrected chi connectivity index (χ3v) is 4.78. The number of hydrogen-bond donors (Lipinski definition) is 1. The summed E-state index contributed by atoms with van der Waals surface area (Å²) in [6, 6.07) is 9.31. The van der Waals surface area contributed by atoms with Crippen molar-refractivity contribution in [1.29, 1.82) is 0 Å². The summed E-state index contributed by atoms with van der Waals surface area (Å²) in [6.07, 6.45) is 1.50. The first-order chi connectivity index (χ1) is 11.1. The van der Waals surface area contributed by atoms with Crippen LogP contribution in [0.5, 0.6) is 0 Å². The Morgan fingerprint density at radius 3 is 2.65 bits per heavy atom. The van der Waals surface area contributed by atoms with Crippen molar-refractivity contribution in [1.82, 2.24) is 14.9 Å². The van der Waals surface area contributed by atoms with E-state index in [-0.39, 0.29) is 5.91 Å². The van der Waals surface area contributed by atoms with Crippen LogP contribution >= 0.6 is 22.6 Å². The number of rotatable bonds is 3. The summed E-state index contributed by atoms with van der Waals surface area (Å²) in [5, 5.41) is 2.86. The molecule has 0 spiro atoms. The molecule has 0 atom stereocenters. The molecule has 23 heavy (non-hydrogen) atoms. The second-order valence-corrected chi connectivity index (χ2v) is 6.65. The fourth-order valence-corrected chi connectivity index (χ4v) is 3.09. The molecule has 2 aromatic rings. The Morgan fingerprint density at radius 2 is 1.91 bits per heavy atom. The number of aromatic nitrogens is 2. The molecule has 2 heterocycles. The van der Waals surface area contributed by atoms with E-state index in [0.717, 1.165) is 35.6 Å². The Balaban J connectivity index is 1.73. The van der Waals surface area contributed by atoms with Crippen LogP contribution in [0.3, 0.4) is 0 Å². The summed E-state index contributed by atoms with van der Waals surface area (Å²) in [6.45, 7) is 3.87. The van der Waals surface area contributed by atoms with Crippen LogP contribution in [0.1, 0.15) is 10.4 Å². The summed E-state index contributed by atoms with van der Waals surface area (Å²) >= 11 is 2.16. The predicted octanol–water partition coefficient (Wildman–Crippen LogP) is 2.09. The molecule has 1 N–H and O–H groups in total. The minimum absolute atomic E-state index is 0.155. The topological polar surface area (TPSA) is 61.4 Å². The van der Waals surface area contributed by atoms with E-state index >= 15 is 0 Å². The average molecular weight is 423 g/mol. The lowest BCUT2D eigenvalue weighted by Crippen LogP contribution is -2.44. The maximum atomic E-state index is 12.4. The molecule has 3 rings (SSSR count). The third-order valence-electron chi connectivity index (χ3n) is 3.84. The van der Waals surface area contributed by atoms with Crippen LogP contribution in [-0.2, 0) is 0 Å². The van der Waals surface area contributed by atoms with Crippen molar-refractivity contribution in [2.75, 3.05) is 43.4 Å². The molecule has 1 aromatic carbocycles. The van der Waals surface area contributed by atoms with Crippen molar-refractivity contribution < 1.29 is 4.79 Å². The molecule has 0 saturated carbocycles. The number of carbonyl (C=O) groups excluding carboxylic acids is 1. The zero-order valence-electron chi connectivity index (χ0n) is 12.9. The van der Waals surface area contributed by atoms with Crippen LogP contribution < -0.4 is 10.2 Å². The number of amides is 1. The molecule has 120 valence electrons. The van der Waals surface area contributed by atoms with Gasteiger partial charge in [-0.3, -0.25) is 4.79 Å². The molecule has 6 nitrogen and oxygen atoms in total. The fourth-order valence-electron chi connectivity index (χ4n) is 2.45. The summed E-state index contributed by atoms with van der Waals surface area (Å²) < 4.78 is 0.913. The van der Waals surface area contributed by atoms with Gasteiger partial charge in [0.2, 0.25) is 0 Å². The Labute approximate surface area is 149 Å². The van der Waals surface area contributed by atoms with Gasteiger partial charge in [0.25, 0.3) is 5.91 Å². The molecule has 1 aliphatic heterocycles. The SMILES string of the molecule is CN1CCN(c2cc(NC(=O)c3ccccc3I)ncn2)CC1. The number of halogens is 1. The zero-order valence-corrected chi connectivity index (χ0v) is 15.0. The monoisotopic (exact) mass is 423 g/mol. The minimum atomic E-state index is -0.155. The Kier molecular flexibility index (Phi) is 5.06. The highest BCUT2D eigenvalue weighted by molar-refractivity contribution is 14.1. The molecular formula is C16H18IN5O. The first kappa shape index (κ1) is 16.1. The van der Waals surface area contributed by atoms with Gasteiger partial charge in [0.05, 0.1) is 5.56 Å². The van der Waals surface area contributed by atoms with Crippen LogP contribution in [0.15, 0.2) is 36.7 Å². The molecule has 1 amide bonds. The zero-order chi connectivity index (χ0) is 16.2. The highest BCUT2D eigenvalue weighted by Gasteiger charge is 2.16. The van der Waals surface area contributed by atoms with Crippen LogP contribution in [-0.4, -0.2) is 54.0 Å². The van der Waals surface area contributed by atoms with E-state index in [9.17, 15) is 4.79 Å². The molecule has 1 aromatic heterocycles. The molecule has 1 fully saturated rings. The summed E-state index contributed by atoms with van der Waals surface area (Å²) in [5.74, 6) is 1.22. The molecule has 1 aliphatic rings. The van der Waals surface area contributed by atoms with Gasteiger partial charge in [-0.1, -0.05) is 12.1 Å². The van der Waals surface area contributed by atoms with Gasteiger partial charge in [-0.2, -0.15) is 0 Å². The van der Waals surface area contributed by atoms with Crippen LogP contribution in [0, 0.1) is 3.57 Å². The molecule has 0 radical (unpaired) electrons. The first-order valence-electron chi connectivity index (χ1n) is 7.45. The van der Waals surface area contributed by atoms with Gasteiger partial charge in [-0.15, -0.1) is 0 Å². The van der Waals surface area contributed by atoms with E-state index in [4.69, 9.17) is 0 Å². The maximum absolute atomic E-state index is 12.4. The smallest absolute Gasteiger partial charge is 0.257 e. The number of likely N-dealkylation sites (N-methyl/N-ethyl adjacent to an activating group) is 1. The number of hydrogen-bond acceptors (Lipinski definition) is 5. The molecule has 0 aliphatic carbocycles. The fraction of sp³-hybridized carbons (Fsp3) is 0.312. The second kappa shape index (κ2) is 7.22. The summed E-state index contributed by atoms with van der Waals surface area (Å²) in [5.41, 5.74) is 0.646. The van der Waals surface area contributed by atoms with E-state index in [1.54, 1.807) is 6.07 Å². The number of piperazine rings is 1. The molecule has 0 unspecified atom stereocenters.